The Morgan fingerprint density at radius 3 is 2.68 bits per heavy atom. The van der Waals surface area contributed by atoms with Gasteiger partial charge in [0.2, 0.25) is 0 Å². The molecular formula is C12H11ClN2O4. The number of nitro benzene ring substituents is 1. The molecule has 0 saturated heterocycles. The van der Waals surface area contributed by atoms with Crippen LogP contribution in [0.1, 0.15) is 12.0 Å². The van der Waals surface area contributed by atoms with Gasteiger partial charge in [0.05, 0.1) is 9.95 Å². The number of carboxylic acid groups (broad SMARTS) is 1. The van der Waals surface area contributed by atoms with Gasteiger partial charge in [0, 0.05) is 25.2 Å². The normalized spacial score (nSPS) is 15.0. The van der Waals surface area contributed by atoms with E-state index in [2.05, 4.69) is 0 Å². The summed E-state index contributed by atoms with van der Waals surface area (Å²) in [6.07, 6.45) is 1.37. The molecule has 100 valence electrons. The lowest BCUT2D eigenvalue weighted by molar-refractivity contribution is -0.384. The number of rotatable bonds is 2. The van der Waals surface area contributed by atoms with Gasteiger partial charge in [-0.3, -0.25) is 10.1 Å². The number of amides is 1. The van der Waals surface area contributed by atoms with Crippen LogP contribution in [0, 0.1) is 10.1 Å². The molecule has 1 aromatic rings. The number of halogens is 1. The van der Waals surface area contributed by atoms with Gasteiger partial charge in [-0.2, -0.15) is 0 Å². The first-order chi connectivity index (χ1) is 8.99. The summed E-state index contributed by atoms with van der Waals surface area (Å²) in [5.74, 6) is 0. The van der Waals surface area contributed by atoms with Gasteiger partial charge in [0.15, 0.2) is 0 Å². The van der Waals surface area contributed by atoms with Gasteiger partial charge >= 0.3 is 6.09 Å². The Hall–Kier alpha value is -2.08. The lowest BCUT2D eigenvalue weighted by atomic mass is 9.99. The van der Waals surface area contributed by atoms with Crippen molar-refractivity contribution >= 4 is 29.0 Å². The molecule has 0 unspecified atom stereocenters. The Morgan fingerprint density at radius 2 is 2.21 bits per heavy atom. The SMILES string of the molecule is O=C(O)N1CC=C(c2ccc([N+](=O)[O-])cc2Cl)CC1. The molecule has 0 aromatic heterocycles. The smallest absolute Gasteiger partial charge is 0.407 e. The van der Waals surface area contributed by atoms with Crippen LogP contribution >= 0.6 is 11.6 Å². The Morgan fingerprint density at radius 1 is 1.47 bits per heavy atom. The largest absolute Gasteiger partial charge is 0.465 e. The van der Waals surface area contributed by atoms with E-state index in [-0.39, 0.29) is 5.69 Å². The fraction of sp³-hybridized carbons (Fsp3) is 0.250. The maximum atomic E-state index is 10.8. The van der Waals surface area contributed by atoms with E-state index < -0.39 is 11.0 Å². The van der Waals surface area contributed by atoms with Crippen LogP contribution in [0.15, 0.2) is 24.3 Å². The van der Waals surface area contributed by atoms with Crippen molar-refractivity contribution in [2.75, 3.05) is 13.1 Å². The highest BCUT2D eigenvalue weighted by molar-refractivity contribution is 6.32. The monoisotopic (exact) mass is 282 g/mol. The molecule has 6 nitrogen and oxygen atoms in total. The second-order valence-electron chi connectivity index (χ2n) is 4.13. The van der Waals surface area contributed by atoms with E-state index in [1.165, 1.54) is 17.0 Å². The zero-order valence-electron chi connectivity index (χ0n) is 9.88. The van der Waals surface area contributed by atoms with Crippen LogP contribution in [0.3, 0.4) is 0 Å². The molecular weight excluding hydrogens is 272 g/mol. The minimum Gasteiger partial charge on any atom is -0.465 e. The quantitative estimate of drug-likeness (QED) is 0.667. The van der Waals surface area contributed by atoms with E-state index in [9.17, 15) is 14.9 Å². The van der Waals surface area contributed by atoms with Crippen molar-refractivity contribution < 1.29 is 14.8 Å². The molecule has 1 aliphatic heterocycles. The second kappa shape index (κ2) is 5.27. The van der Waals surface area contributed by atoms with Crippen molar-refractivity contribution in [3.8, 4) is 0 Å². The lowest BCUT2D eigenvalue weighted by Gasteiger charge is -2.24. The predicted octanol–water partition coefficient (Wildman–Crippen LogP) is 3.02. The lowest BCUT2D eigenvalue weighted by Crippen LogP contribution is -2.33. The van der Waals surface area contributed by atoms with Crippen molar-refractivity contribution in [1.29, 1.82) is 0 Å². The predicted molar refractivity (Wildman–Crippen MR) is 70.3 cm³/mol. The summed E-state index contributed by atoms with van der Waals surface area (Å²) in [4.78, 5) is 22.2. The Kier molecular flexibility index (Phi) is 3.71. The maximum Gasteiger partial charge on any atom is 0.407 e. The van der Waals surface area contributed by atoms with Crippen molar-refractivity contribution in [1.82, 2.24) is 4.90 Å². The summed E-state index contributed by atoms with van der Waals surface area (Å²) in [6.45, 7) is 0.701. The molecule has 0 atom stereocenters. The number of non-ortho nitro benzene ring substituents is 1. The van der Waals surface area contributed by atoms with Crippen molar-refractivity contribution in [3.63, 3.8) is 0 Å². The fourth-order valence-corrected chi connectivity index (χ4v) is 2.26. The minimum absolute atomic E-state index is 0.0580. The Balaban J connectivity index is 2.24. The third-order valence-electron chi connectivity index (χ3n) is 2.99. The van der Waals surface area contributed by atoms with E-state index >= 15 is 0 Å². The maximum absolute atomic E-state index is 10.8. The molecule has 0 aliphatic carbocycles. The van der Waals surface area contributed by atoms with E-state index in [4.69, 9.17) is 16.7 Å². The molecule has 1 amide bonds. The third kappa shape index (κ3) is 2.85. The molecule has 19 heavy (non-hydrogen) atoms. The highest BCUT2D eigenvalue weighted by atomic mass is 35.5. The molecule has 1 heterocycles. The number of nitro groups is 1. The molecule has 0 saturated carbocycles. The van der Waals surface area contributed by atoms with Gasteiger partial charge in [-0.05, 0) is 23.6 Å². The average Bonchev–Trinajstić information content (AvgIpc) is 2.38. The molecule has 1 aliphatic rings. The number of nitrogens with zero attached hydrogens (tertiary/aromatic N) is 2. The van der Waals surface area contributed by atoms with Gasteiger partial charge in [0.25, 0.3) is 5.69 Å². The van der Waals surface area contributed by atoms with E-state index in [1.807, 2.05) is 0 Å². The number of hydrogen-bond donors (Lipinski definition) is 1. The third-order valence-corrected chi connectivity index (χ3v) is 3.30. The highest BCUT2D eigenvalue weighted by Crippen LogP contribution is 2.31. The van der Waals surface area contributed by atoms with Gasteiger partial charge in [-0.15, -0.1) is 0 Å². The summed E-state index contributed by atoms with van der Waals surface area (Å²) in [7, 11) is 0. The molecule has 0 radical (unpaired) electrons. The van der Waals surface area contributed by atoms with Gasteiger partial charge in [-0.25, -0.2) is 4.79 Å². The standard InChI is InChI=1S/C12H11ClN2O4/c13-11-7-9(15(18)19)1-2-10(11)8-3-5-14(6-4-8)12(16)17/h1-3,7H,4-6H2,(H,16,17). The van der Waals surface area contributed by atoms with E-state index in [0.29, 0.717) is 24.5 Å². The van der Waals surface area contributed by atoms with Crippen molar-refractivity contribution in [3.05, 3.63) is 45.0 Å². The Bertz CT molecular complexity index is 571. The highest BCUT2D eigenvalue weighted by Gasteiger charge is 2.19. The number of hydrogen-bond acceptors (Lipinski definition) is 3. The number of benzene rings is 1. The van der Waals surface area contributed by atoms with Crippen LogP contribution < -0.4 is 0 Å². The molecule has 0 fully saturated rings. The average molecular weight is 283 g/mol. The second-order valence-corrected chi connectivity index (χ2v) is 4.54. The summed E-state index contributed by atoms with van der Waals surface area (Å²) in [5.41, 5.74) is 1.58. The van der Waals surface area contributed by atoms with Gasteiger partial charge < -0.3 is 10.0 Å². The molecule has 1 N–H and O–H groups in total. The molecule has 2 rings (SSSR count). The van der Waals surface area contributed by atoms with Crippen LogP contribution in [-0.2, 0) is 0 Å². The zero-order valence-corrected chi connectivity index (χ0v) is 10.6. The van der Waals surface area contributed by atoms with Crippen LogP contribution in [0.2, 0.25) is 5.02 Å². The van der Waals surface area contributed by atoms with Gasteiger partial charge in [0.1, 0.15) is 0 Å². The van der Waals surface area contributed by atoms with Crippen LogP contribution in [0.25, 0.3) is 5.57 Å². The first-order valence-corrected chi connectivity index (χ1v) is 5.98. The summed E-state index contributed by atoms with van der Waals surface area (Å²) < 4.78 is 0. The van der Waals surface area contributed by atoms with E-state index in [0.717, 1.165) is 11.1 Å². The van der Waals surface area contributed by atoms with Crippen LogP contribution in [0.5, 0.6) is 0 Å². The molecule has 0 spiro atoms. The minimum atomic E-state index is -0.954. The van der Waals surface area contributed by atoms with Gasteiger partial charge in [-0.1, -0.05) is 17.7 Å². The van der Waals surface area contributed by atoms with Crippen molar-refractivity contribution in [2.24, 2.45) is 0 Å². The first kappa shape index (κ1) is 13.4. The summed E-state index contributed by atoms with van der Waals surface area (Å²) in [6, 6.07) is 4.30. The molecule has 0 bridgehead atoms. The molecule has 1 aromatic carbocycles. The number of carbonyl (C=O) groups is 1. The first-order valence-electron chi connectivity index (χ1n) is 5.60. The fourth-order valence-electron chi connectivity index (χ4n) is 1.97. The van der Waals surface area contributed by atoms with E-state index in [1.54, 1.807) is 12.1 Å². The van der Waals surface area contributed by atoms with Crippen molar-refractivity contribution in [2.45, 2.75) is 6.42 Å². The summed E-state index contributed by atoms with van der Waals surface area (Å²) >= 11 is 6.03. The topological polar surface area (TPSA) is 83.7 Å². The van der Waals surface area contributed by atoms with Crippen LogP contribution in [0.4, 0.5) is 10.5 Å². The Labute approximate surface area is 114 Å². The summed E-state index contributed by atoms with van der Waals surface area (Å²) in [5, 5.41) is 19.8. The van der Waals surface area contributed by atoms with Crippen LogP contribution in [-0.4, -0.2) is 34.1 Å². The molecule has 7 heteroatoms. The zero-order chi connectivity index (χ0) is 14.0.